The Morgan fingerprint density at radius 2 is 2.02 bits per heavy atom. The first-order valence-corrected chi connectivity index (χ1v) is 13.7. The second-order valence-corrected chi connectivity index (χ2v) is 10.6. The first kappa shape index (κ1) is 26.6. The summed E-state index contributed by atoms with van der Waals surface area (Å²) < 4.78 is 18.8. The highest BCUT2D eigenvalue weighted by atomic mass is 16.5. The van der Waals surface area contributed by atoms with Gasteiger partial charge in [-0.25, -0.2) is 4.68 Å². The van der Waals surface area contributed by atoms with E-state index in [0.29, 0.717) is 54.6 Å². The van der Waals surface area contributed by atoms with Gasteiger partial charge in [-0.1, -0.05) is 11.3 Å². The topological polar surface area (TPSA) is 128 Å². The van der Waals surface area contributed by atoms with Crippen molar-refractivity contribution in [3.05, 3.63) is 65.0 Å². The van der Waals surface area contributed by atoms with Gasteiger partial charge in [-0.15, -0.1) is 5.10 Å². The molecule has 3 aliphatic heterocycles. The molecule has 2 atom stereocenters. The van der Waals surface area contributed by atoms with Gasteiger partial charge >= 0.3 is 0 Å². The molecule has 41 heavy (non-hydrogen) atoms. The van der Waals surface area contributed by atoms with Crippen molar-refractivity contribution in [2.75, 3.05) is 46.9 Å². The van der Waals surface area contributed by atoms with Crippen LogP contribution in [0, 0.1) is 5.92 Å². The lowest BCUT2D eigenvalue weighted by Gasteiger charge is -2.21. The highest BCUT2D eigenvalue weighted by Gasteiger charge is 2.39. The summed E-state index contributed by atoms with van der Waals surface area (Å²) in [5.74, 6) is 0.882. The Balaban J connectivity index is 1.27. The fourth-order valence-corrected chi connectivity index (χ4v) is 5.68. The second kappa shape index (κ2) is 11.1. The van der Waals surface area contributed by atoms with Gasteiger partial charge in [0.2, 0.25) is 5.91 Å². The molecule has 1 fully saturated rings. The van der Waals surface area contributed by atoms with Gasteiger partial charge in [-0.05, 0) is 35.9 Å². The van der Waals surface area contributed by atoms with E-state index in [2.05, 4.69) is 15.6 Å². The Morgan fingerprint density at radius 1 is 1.15 bits per heavy atom. The summed E-state index contributed by atoms with van der Waals surface area (Å²) in [7, 11) is 3.19. The minimum atomic E-state index is -0.257. The molecule has 12 nitrogen and oxygen atoms in total. The van der Waals surface area contributed by atoms with Crippen molar-refractivity contribution < 1.29 is 28.6 Å². The van der Waals surface area contributed by atoms with Crippen molar-refractivity contribution in [1.82, 2.24) is 30.1 Å². The van der Waals surface area contributed by atoms with Crippen molar-refractivity contribution in [3.8, 4) is 17.2 Å². The van der Waals surface area contributed by atoms with Gasteiger partial charge in [0.15, 0.2) is 11.5 Å². The predicted octanol–water partition coefficient (Wildman–Crippen LogP) is 1.71. The van der Waals surface area contributed by atoms with Crippen LogP contribution in [-0.2, 0) is 17.8 Å². The van der Waals surface area contributed by atoms with Gasteiger partial charge in [0.1, 0.15) is 18.1 Å². The smallest absolute Gasteiger partial charge is 0.257 e. The van der Waals surface area contributed by atoms with E-state index in [0.717, 1.165) is 17.7 Å². The average molecular weight is 561 g/mol. The summed E-state index contributed by atoms with van der Waals surface area (Å²) in [4.78, 5) is 43.1. The summed E-state index contributed by atoms with van der Waals surface area (Å²) in [5, 5.41) is 11.6. The summed E-state index contributed by atoms with van der Waals surface area (Å²) in [6, 6.07) is 10.4. The lowest BCUT2D eigenvalue weighted by atomic mass is 9.99. The van der Waals surface area contributed by atoms with Gasteiger partial charge in [0, 0.05) is 57.5 Å². The number of fused-ring (bicyclic) bond motifs is 6. The number of ether oxygens (including phenoxy) is 3. The number of carbonyl (C=O) groups is 3. The standard InChI is InChI=1S/C29H32N6O6/c1-33-10-9-30-26(36)13-20-14-34(28(37)19-6-7-24-18(12-19)8-11-40-24)16-23(20)35-15-21(31-32-35)17-41-27-22(29(33)38)4-3-5-25(27)39-2/h3-7,12,15,20,23H,8-11,13-14,16-17H2,1-2H3,(H,30,36)/t20-,23+/m0/s1. The molecule has 6 rings (SSSR count). The third-order valence-corrected chi connectivity index (χ3v) is 7.88. The van der Waals surface area contributed by atoms with E-state index in [4.69, 9.17) is 14.2 Å². The van der Waals surface area contributed by atoms with Crippen molar-refractivity contribution in [2.24, 2.45) is 5.92 Å². The molecule has 3 aliphatic rings. The number of benzene rings is 2. The molecule has 0 spiro atoms. The maximum absolute atomic E-state index is 13.5. The summed E-state index contributed by atoms with van der Waals surface area (Å²) in [6.07, 6.45) is 2.75. The normalized spacial score (nSPS) is 20.8. The Bertz CT molecular complexity index is 1490. The number of hydrogen-bond donors (Lipinski definition) is 1. The molecular weight excluding hydrogens is 528 g/mol. The molecule has 2 bridgehead atoms. The maximum Gasteiger partial charge on any atom is 0.257 e. The Kier molecular flexibility index (Phi) is 7.21. The van der Waals surface area contributed by atoms with Crippen LogP contribution in [0.1, 0.15) is 44.4 Å². The van der Waals surface area contributed by atoms with Crippen molar-refractivity contribution >= 4 is 17.7 Å². The van der Waals surface area contributed by atoms with E-state index in [1.807, 2.05) is 12.1 Å². The summed E-state index contributed by atoms with van der Waals surface area (Å²) >= 11 is 0. The molecule has 2 aromatic carbocycles. The van der Waals surface area contributed by atoms with Crippen LogP contribution in [0.2, 0.25) is 0 Å². The number of amides is 3. The molecule has 12 heteroatoms. The third kappa shape index (κ3) is 5.29. The Morgan fingerprint density at radius 3 is 2.88 bits per heavy atom. The maximum atomic E-state index is 13.5. The zero-order valence-electron chi connectivity index (χ0n) is 23.0. The molecule has 0 unspecified atom stereocenters. The Hall–Kier alpha value is -4.61. The van der Waals surface area contributed by atoms with Gasteiger partial charge in [0.05, 0.1) is 31.5 Å². The summed E-state index contributed by atoms with van der Waals surface area (Å²) in [5.41, 5.74) is 2.52. The molecule has 1 aromatic heterocycles. The number of rotatable bonds is 2. The van der Waals surface area contributed by atoms with Crippen LogP contribution in [0.25, 0.3) is 0 Å². The van der Waals surface area contributed by atoms with Crippen molar-refractivity contribution in [2.45, 2.75) is 25.5 Å². The lowest BCUT2D eigenvalue weighted by molar-refractivity contribution is -0.122. The van der Waals surface area contributed by atoms with Crippen LogP contribution in [-0.4, -0.2) is 89.5 Å². The molecule has 1 saturated heterocycles. The van der Waals surface area contributed by atoms with Gasteiger partial charge in [-0.3, -0.25) is 14.4 Å². The van der Waals surface area contributed by atoms with E-state index >= 15 is 0 Å². The van der Waals surface area contributed by atoms with Crippen LogP contribution in [0.3, 0.4) is 0 Å². The van der Waals surface area contributed by atoms with Crippen LogP contribution in [0.15, 0.2) is 42.6 Å². The largest absolute Gasteiger partial charge is 0.493 e. The van der Waals surface area contributed by atoms with E-state index in [1.54, 1.807) is 47.1 Å². The predicted molar refractivity (Wildman–Crippen MR) is 146 cm³/mol. The number of nitrogens with one attached hydrogen (secondary N) is 1. The van der Waals surface area contributed by atoms with Crippen LogP contribution in [0.4, 0.5) is 0 Å². The van der Waals surface area contributed by atoms with Gasteiger partial charge < -0.3 is 29.3 Å². The lowest BCUT2D eigenvalue weighted by Crippen LogP contribution is -2.37. The quantitative estimate of drug-likeness (QED) is 0.502. The number of hydrogen-bond acceptors (Lipinski definition) is 8. The third-order valence-electron chi connectivity index (χ3n) is 7.88. The second-order valence-electron chi connectivity index (χ2n) is 10.6. The summed E-state index contributed by atoms with van der Waals surface area (Å²) in [6.45, 7) is 2.07. The van der Waals surface area contributed by atoms with E-state index in [-0.39, 0.29) is 49.3 Å². The highest BCUT2D eigenvalue weighted by Crippen LogP contribution is 2.34. The molecule has 3 amide bonds. The molecule has 0 aliphatic carbocycles. The zero-order chi connectivity index (χ0) is 28.5. The number of methoxy groups -OCH3 is 1. The number of likely N-dealkylation sites (N-methyl/N-ethyl adjacent to an activating group) is 1. The molecule has 1 N–H and O–H groups in total. The molecular formula is C29H32N6O6. The fourth-order valence-electron chi connectivity index (χ4n) is 5.68. The monoisotopic (exact) mass is 560 g/mol. The number of para-hydroxylation sites is 1. The average Bonchev–Trinajstić information content (AvgIpc) is 3.74. The van der Waals surface area contributed by atoms with Crippen LogP contribution < -0.4 is 19.5 Å². The Labute approximate surface area is 237 Å². The fraction of sp³-hybridized carbons (Fsp3) is 0.414. The number of likely N-dealkylation sites (tertiary alicyclic amines) is 1. The molecule has 214 valence electrons. The van der Waals surface area contributed by atoms with E-state index in [9.17, 15) is 14.4 Å². The molecule has 0 radical (unpaired) electrons. The van der Waals surface area contributed by atoms with E-state index in [1.165, 1.54) is 12.0 Å². The minimum absolute atomic E-state index is 0.0576. The van der Waals surface area contributed by atoms with Crippen molar-refractivity contribution in [3.63, 3.8) is 0 Å². The first-order valence-electron chi connectivity index (χ1n) is 13.7. The molecule has 0 saturated carbocycles. The van der Waals surface area contributed by atoms with Crippen LogP contribution >= 0.6 is 0 Å². The number of carbonyl (C=O) groups excluding carboxylic acids is 3. The highest BCUT2D eigenvalue weighted by molar-refractivity contribution is 5.97. The van der Waals surface area contributed by atoms with Gasteiger partial charge in [0.25, 0.3) is 11.8 Å². The first-order chi connectivity index (χ1) is 19.9. The van der Waals surface area contributed by atoms with E-state index < -0.39 is 0 Å². The zero-order valence-corrected chi connectivity index (χ0v) is 23.0. The molecule has 4 heterocycles. The SMILES string of the molecule is COc1cccc2c1OCc1cn(nn1)[C@@H]1CN(C(=O)c3ccc4c(c3)CCO4)C[C@@H]1CC(=O)NCCN(C)C2=O. The number of aromatic nitrogens is 3. The van der Waals surface area contributed by atoms with Crippen LogP contribution in [0.5, 0.6) is 17.2 Å². The molecule has 3 aromatic rings. The van der Waals surface area contributed by atoms with Crippen molar-refractivity contribution in [1.29, 1.82) is 0 Å². The van der Waals surface area contributed by atoms with Gasteiger partial charge in [-0.2, -0.15) is 0 Å². The number of nitrogens with zero attached hydrogens (tertiary/aromatic N) is 5. The minimum Gasteiger partial charge on any atom is -0.493 e.